The van der Waals surface area contributed by atoms with Gasteiger partial charge in [0.15, 0.2) is 0 Å². The van der Waals surface area contributed by atoms with E-state index in [1.807, 2.05) is 13.8 Å². The fraction of sp³-hybridized carbons (Fsp3) is 0.412. The third-order valence-corrected chi connectivity index (χ3v) is 3.66. The summed E-state index contributed by atoms with van der Waals surface area (Å²) in [5, 5.41) is 6.53. The molecule has 5 nitrogen and oxygen atoms in total. The molecule has 0 radical (unpaired) electrons. The molecule has 0 fully saturated rings. The molecule has 0 aliphatic carbocycles. The summed E-state index contributed by atoms with van der Waals surface area (Å²) in [5.74, 6) is -0.0164. The van der Waals surface area contributed by atoms with Crippen LogP contribution in [0.15, 0.2) is 36.5 Å². The number of rotatable bonds is 6. The Morgan fingerprint density at radius 2 is 2.04 bits per heavy atom. The Labute approximate surface area is 144 Å². The largest absolute Gasteiger partial charge is 0.433 e. The molecule has 25 heavy (non-hydrogen) atoms. The van der Waals surface area contributed by atoms with Gasteiger partial charge < -0.3 is 11.1 Å². The minimum Gasteiger partial charge on any atom is -0.348 e. The smallest absolute Gasteiger partial charge is 0.348 e. The van der Waals surface area contributed by atoms with Gasteiger partial charge >= 0.3 is 6.18 Å². The van der Waals surface area contributed by atoms with Gasteiger partial charge in [0, 0.05) is 18.2 Å². The Kier molecular flexibility index (Phi) is 5.84. The molecule has 3 N–H and O–H groups in total. The predicted molar refractivity (Wildman–Crippen MR) is 88.3 cm³/mol. The van der Waals surface area contributed by atoms with Gasteiger partial charge in [-0.15, -0.1) is 0 Å². The number of benzene rings is 1. The number of nitrogens with zero attached hydrogens (tertiary/aromatic N) is 2. The molecule has 1 heterocycles. The van der Waals surface area contributed by atoms with Crippen molar-refractivity contribution in [3.63, 3.8) is 0 Å². The maximum Gasteiger partial charge on any atom is 0.433 e. The lowest BCUT2D eigenvalue weighted by Gasteiger charge is -2.19. The van der Waals surface area contributed by atoms with Crippen LogP contribution in [-0.2, 0) is 6.18 Å². The molecule has 8 heteroatoms. The van der Waals surface area contributed by atoms with Crippen LogP contribution < -0.4 is 11.1 Å². The van der Waals surface area contributed by atoms with Crippen molar-refractivity contribution in [2.75, 3.05) is 6.54 Å². The maximum absolute atomic E-state index is 13.0. The van der Waals surface area contributed by atoms with E-state index in [4.69, 9.17) is 5.73 Å². The number of amides is 1. The second-order valence-corrected chi connectivity index (χ2v) is 6.21. The Morgan fingerprint density at radius 1 is 1.32 bits per heavy atom. The van der Waals surface area contributed by atoms with Crippen LogP contribution in [0.1, 0.15) is 36.3 Å². The maximum atomic E-state index is 13.0. The van der Waals surface area contributed by atoms with Crippen LogP contribution in [0, 0.1) is 5.92 Å². The van der Waals surface area contributed by atoms with Crippen molar-refractivity contribution in [1.82, 2.24) is 15.1 Å². The van der Waals surface area contributed by atoms with E-state index in [1.54, 1.807) is 6.07 Å². The summed E-state index contributed by atoms with van der Waals surface area (Å²) in [4.78, 5) is 12.4. The molecule has 0 bridgehead atoms. The zero-order valence-corrected chi connectivity index (χ0v) is 14.0. The third-order valence-electron chi connectivity index (χ3n) is 3.66. The molecule has 1 aromatic heterocycles. The lowest BCUT2D eigenvalue weighted by molar-refractivity contribution is -0.142. The SMILES string of the molecule is CC(C)CC(CN)NC(=O)c1cccc(-n2nccc2C(F)(F)F)c1. The van der Waals surface area contributed by atoms with Gasteiger partial charge in [0.1, 0.15) is 5.69 Å². The lowest BCUT2D eigenvalue weighted by atomic mass is 10.0. The lowest BCUT2D eigenvalue weighted by Crippen LogP contribution is -2.41. The summed E-state index contributed by atoms with van der Waals surface area (Å²) in [5.41, 5.74) is 5.19. The predicted octanol–water partition coefficient (Wildman–Crippen LogP) is 2.99. The quantitative estimate of drug-likeness (QED) is 0.838. The fourth-order valence-corrected chi connectivity index (χ4v) is 2.55. The molecular weight excluding hydrogens is 333 g/mol. The second-order valence-electron chi connectivity index (χ2n) is 6.21. The molecule has 0 spiro atoms. The molecule has 1 aromatic carbocycles. The highest BCUT2D eigenvalue weighted by Gasteiger charge is 2.35. The molecule has 0 aliphatic rings. The number of alkyl halides is 3. The average molecular weight is 354 g/mol. The van der Waals surface area contributed by atoms with Crippen LogP contribution in [0.3, 0.4) is 0 Å². The van der Waals surface area contributed by atoms with Gasteiger partial charge in [-0.1, -0.05) is 19.9 Å². The van der Waals surface area contributed by atoms with Crippen molar-refractivity contribution in [3.8, 4) is 5.69 Å². The van der Waals surface area contributed by atoms with E-state index in [9.17, 15) is 18.0 Å². The number of hydrogen-bond donors (Lipinski definition) is 2. The Balaban J connectivity index is 2.25. The minimum atomic E-state index is -4.53. The van der Waals surface area contributed by atoms with Gasteiger partial charge in [0.05, 0.1) is 11.9 Å². The van der Waals surface area contributed by atoms with Crippen LogP contribution in [0.2, 0.25) is 0 Å². The first-order valence-electron chi connectivity index (χ1n) is 7.95. The van der Waals surface area contributed by atoms with Gasteiger partial charge in [-0.2, -0.15) is 18.3 Å². The molecule has 136 valence electrons. The summed E-state index contributed by atoms with van der Waals surface area (Å²) in [6.45, 7) is 4.33. The number of carbonyl (C=O) groups is 1. The molecule has 0 saturated carbocycles. The van der Waals surface area contributed by atoms with E-state index in [-0.39, 0.29) is 23.2 Å². The molecule has 2 aromatic rings. The zero-order valence-electron chi connectivity index (χ0n) is 14.0. The van der Waals surface area contributed by atoms with E-state index < -0.39 is 11.9 Å². The summed E-state index contributed by atoms with van der Waals surface area (Å²) in [7, 11) is 0. The molecule has 0 saturated heterocycles. The van der Waals surface area contributed by atoms with Gasteiger partial charge in [-0.25, -0.2) is 4.68 Å². The first-order chi connectivity index (χ1) is 11.7. The van der Waals surface area contributed by atoms with Gasteiger partial charge in [0.25, 0.3) is 5.91 Å². The average Bonchev–Trinajstić information content (AvgIpc) is 3.03. The van der Waals surface area contributed by atoms with Crippen LogP contribution in [-0.4, -0.2) is 28.3 Å². The summed E-state index contributed by atoms with van der Waals surface area (Å²) in [6, 6.07) is 6.60. The van der Waals surface area contributed by atoms with E-state index in [0.29, 0.717) is 12.5 Å². The van der Waals surface area contributed by atoms with Crippen LogP contribution in [0.25, 0.3) is 5.69 Å². The van der Waals surface area contributed by atoms with Gasteiger partial charge in [-0.3, -0.25) is 4.79 Å². The van der Waals surface area contributed by atoms with E-state index in [2.05, 4.69) is 10.4 Å². The second kappa shape index (κ2) is 7.69. The Hall–Kier alpha value is -2.35. The number of aromatic nitrogens is 2. The Bertz CT molecular complexity index is 725. The number of halogens is 3. The first kappa shape index (κ1) is 19.0. The van der Waals surface area contributed by atoms with Crippen molar-refractivity contribution in [2.24, 2.45) is 11.7 Å². The van der Waals surface area contributed by atoms with E-state index in [0.717, 1.165) is 23.4 Å². The summed E-state index contributed by atoms with van der Waals surface area (Å²) >= 11 is 0. The molecule has 0 aliphatic heterocycles. The summed E-state index contributed by atoms with van der Waals surface area (Å²) < 4.78 is 39.8. The number of hydrogen-bond acceptors (Lipinski definition) is 3. The standard InChI is InChI=1S/C17H21F3N4O/c1-11(2)8-13(10-21)23-16(25)12-4-3-5-14(9-12)24-15(6-7-22-24)17(18,19)20/h3-7,9,11,13H,8,10,21H2,1-2H3,(H,23,25). The van der Waals surface area contributed by atoms with Crippen molar-refractivity contribution < 1.29 is 18.0 Å². The molecule has 1 atom stereocenters. The van der Waals surface area contributed by atoms with Crippen LogP contribution in [0.4, 0.5) is 13.2 Å². The minimum absolute atomic E-state index is 0.165. The van der Waals surface area contributed by atoms with Gasteiger partial charge in [0.2, 0.25) is 0 Å². The van der Waals surface area contributed by atoms with Crippen molar-refractivity contribution in [3.05, 3.63) is 47.8 Å². The first-order valence-corrected chi connectivity index (χ1v) is 7.95. The number of nitrogens with one attached hydrogen (secondary N) is 1. The van der Waals surface area contributed by atoms with Crippen molar-refractivity contribution in [1.29, 1.82) is 0 Å². The van der Waals surface area contributed by atoms with Crippen molar-refractivity contribution in [2.45, 2.75) is 32.5 Å². The fourth-order valence-electron chi connectivity index (χ4n) is 2.55. The van der Waals surface area contributed by atoms with E-state index in [1.165, 1.54) is 18.2 Å². The number of nitrogens with two attached hydrogens (primary N) is 1. The molecular formula is C17H21F3N4O. The number of carbonyl (C=O) groups excluding carboxylic acids is 1. The molecule has 2 rings (SSSR count). The van der Waals surface area contributed by atoms with Crippen molar-refractivity contribution >= 4 is 5.91 Å². The van der Waals surface area contributed by atoms with E-state index >= 15 is 0 Å². The molecule has 1 amide bonds. The highest BCUT2D eigenvalue weighted by Crippen LogP contribution is 2.30. The monoisotopic (exact) mass is 354 g/mol. The van der Waals surface area contributed by atoms with Crippen LogP contribution >= 0.6 is 0 Å². The van der Waals surface area contributed by atoms with Crippen LogP contribution in [0.5, 0.6) is 0 Å². The Morgan fingerprint density at radius 3 is 2.64 bits per heavy atom. The highest BCUT2D eigenvalue weighted by atomic mass is 19.4. The normalized spacial score (nSPS) is 13.1. The van der Waals surface area contributed by atoms with Gasteiger partial charge in [-0.05, 0) is 36.6 Å². The third kappa shape index (κ3) is 4.82. The highest BCUT2D eigenvalue weighted by molar-refractivity contribution is 5.94. The summed E-state index contributed by atoms with van der Waals surface area (Å²) in [6.07, 6.45) is -2.74. The molecule has 1 unspecified atom stereocenters. The topological polar surface area (TPSA) is 72.9 Å². The zero-order chi connectivity index (χ0) is 18.6.